The molecule has 2 heterocycles. The van der Waals surface area contributed by atoms with E-state index < -0.39 is 0 Å². The summed E-state index contributed by atoms with van der Waals surface area (Å²) in [6.45, 7) is 3.62. The average Bonchev–Trinajstić information content (AvgIpc) is 3.05. The lowest BCUT2D eigenvalue weighted by Crippen LogP contribution is -2.30. The summed E-state index contributed by atoms with van der Waals surface area (Å²) in [5, 5.41) is 5.86. The molecule has 6 nitrogen and oxygen atoms in total. The van der Waals surface area contributed by atoms with Crippen molar-refractivity contribution in [2.75, 3.05) is 20.1 Å². The zero-order chi connectivity index (χ0) is 17.6. The van der Waals surface area contributed by atoms with Crippen molar-refractivity contribution in [2.45, 2.75) is 13.5 Å². The van der Waals surface area contributed by atoms with Gasteiger partial charge in [0.25, 0.3) is 5.91 Å². The van der Waals surface area contributed by atoms with Crippen molar-refractivity contribution in [3.05, 3.63) is 65.6 Å². The van der Waals surface area contributed by atoms with Crippen LogP contribution in [-0.4, -0.2) is 35.4 Å². The standard InChI is InChI=1S/C19H22N4O2/c1-14-6-5-11-23-12-15(22-18(14)23)13-25-17-8-4-3-7-16(17)19(24)21-10-9-20-2/h3-8,11-12,20H,9-10,13H2,1-2H3,(H,21,24). The number of nitrogens with one attached hydrogen (secondary N) is 2. The molecule has 0 saturated carbocycles. The van der Waals surface area contributed by atoms with Gasteiger partial charge >= 0.3 is 0 Å². The predicted molar refractivity (Wildman–Crippen MR) is 97.0 cm³/mol. The topological polar surface area (TPSA) is 67.7 Å². The third-order valence-corrected chi connectivity index (χ3v) is 3.90. The normalized spacial score (nSPS) is 10.8. The smallest absolute Gasteiger partial charge is 0.255 e. The van der Waals surface area contributed by atoms with Gasteiger partial charge in [-0.15, -0.1) is 0 Å². The molecule has 0 fully saturated rings. The van der Waals surface area contributed by atoms with Crippen molar-refractivity contribution in [1.82, 2.24) is 20.0 Å². The van der Waals surface area contributed by atoms with E-state index in [9.17, 15) is 4.79 Å². The summed E-state index contributed by atoms with van der Waals surface area (Å²) in [4.78, 5) is 16.9. The van der Waals surface area contributed by atoms with E-state index in [1.165, 1.54) is 0 Å². The van der Waals surface area contributed by atoms with Crippen LogP contribution in [0.5, 0.6) is 5.75 Å². The van der Waals surface area contributed by atoms with E-state index in [1.807, 2.05) is 55.0 Å². The quantitative estimate of drug-likeness (QED) is 0.648. The molecule has 2 N–H and O–H groups in total. The molecule has 25 heavy (non-hydrogen) atoms. The van der Waals surface area contributed by atoms with Crippen molar-refractivity contribution < 1.29 is 9.53 Å². The highest BCUT2D eigenvalue weighted by Crippen LogP contribution is 2.19. The number of amides is 1. The maximum Gasteiger partial charge on any atom is 0.255 e. The summed E-state index contributed by atoms with van der Waals surface area (Å²) in [6, 6.07) is 11.3. The summed E-state index contributed by atoms with van der Waals surface area (Å²) in [5.41, 5.74) is 3.37. The number of carbonyl (C=O) groups excluding carboxylic acids is 1. The molecule has 0 bridgehead atoms. The van der Waals surface area contributed by atoms with Crippen LogP contribution < -0.4 is 15.4 Å². The minimum atomic E-state index is -0.142. The molecule has 0 spiro atoms. The molecule has 6 heteroatoms. The first-order chi connectivity index (χ1) is 12.2. The molecule has 1 amide bonds. The van der Waals surface area contributed by atoms with Gasteiger partial charge in [-0.2, -0.15) is 0 Å². The monoisotopic (exact) mass is 338 g/mol. The Balaban J connectivity index is 1.72. The number of carbonyl (C=O) groups is 1. The van der Waals surface area contributed by atoms with Crippen molar-refractivity contribution >= 4 is 11.6 Å². The van der Waals surface area contributed by atoms with Crippen LogP contribution >= 0.6 is 0 Å². The van der Waals surface area contributed by atoms with Gasteiger partial charge < -0.3 is 19.8 Å². The second-order valence-electron chi connectivity index (χ2n) is 5.80. The minimum absolute atomic E-state index is 0.142. The van der Waals surface area contributed by atoms with E-state index in [-0.39, 0.29) is 5.91 Å². The van der Waals surface area contributed by atoms with Crippen LogP contribution in [-0.2, 0) is 6.61 Å². The number of ether oxygens (including phenoxy) is 1. The highest BCUT2D eigenvalue weighted by Gasteiger charge is 2.12. The van der Waals surface area contributed by atoms with Gasteiger partial charge in [-0.05, 0) is 37.7 Å². The first-order valence-electron chi connectivity index (χ1n) is 8.27. The molecule has 0 radical (unpaired) electrons. The largest absolute Gasteiger partial charge is 0.486 e. The summed E-state index contributed by atoms with van der Waals surface area (Å²) >= 11 is 0. The van der Waals surface area contributed by atoms with E-state index in [1.54, 1.807) is 12.1 Å². The lowest BCUT2D eigenvalue weighted by molar-refractivity contribution is 0.0949. The highest BCUT2D eigenvalue weighted by atomic mass is 16.5. The molecule has 0 aliphatic heterocycles. The number of fused-ring (bicyclic) bond motifs is 1. The lowest BCUT2D eigenvalue weighted by Gasteiger charge is -2.10. The Kier molecular flexibility index (Phi) is 5.30. The number of nitrogens with zero attached hydrogens (tertiary/aromatic N) is 2. The molecule has 0 unspecified atom stereocenters. The van der Waals surface area contributed by atoms with E-state index in [0.717, 1.165) is 23.4 Å². The Hall–Kier alpha value is -2.86. The van der Waals surface area contributed by atoms with E-state index >= 15 is 0 Å². The van der Waals surface area contributed by atoms with Gasteiger partial charge in [-0.25, -0.2) is 4.98 Å². The number of aryl methyl sites for hydroxylation is 1. The van der Waals surface area contributed by atoms with Crippen LogP contribution in [0.4, 0.5) is 0 Å². The van der Waals surface area contributed by atoms with Crippen LogP contribution in [0.1, 0.15) is 21.6 Å². The maximum atomic E-state index is 12.3. The Labute approximate surface area is 146 Å². The summed E-state index contributed by atoms with van der Waals surface area (Å²) in [7, 11) is 1.85. The van der Waals surface area contributed by atoms with Crippen molar-refractivity contribution in [3.8, 4) is 5.75 Å². The van der Waals surface area contributed by atoms with Gasteiger partial charge in [-0.3, -0.25) is 4.79 Å². The van der Waals surface area contributed by atoms with Gasteiger partial charge in [-0.1, -0.05) is 18.2 Å². The molecule has 3 aromatic rings. The van der Waals surface area contributed by atoms with Gasteiger partial charge in [0.2, 0.25) is 0 Å². The number of aromatic nitrogens is 2. The Morgan fingerprint density at radius 3 is 2.84 bits per heavy atom. The fourth-order valence-electron chi connectivity index (χ4n) is 2.60. The third-order valence-electron chi connectivity index (χ3n) is 3.90. The van der Waals surface area contributed by atoms with Gasteiger partial charge in [0, 0.05) is 25.5 Å². The Morgan fingerprint density at radius 2 is 2.04 bits per heavy atom. The molecular formula is C19H22N4O2. The molecule has 0 saturated heterocycles. The SMILES string of the molecule is CNCCNC(=O)c1ccccc1OCc1cn2cccc(C)c2n1. The second kappa shape index (κ2) is 7.81. The number of rotatable bonds is 7. The van der Waals surface area contributed by atoms with Crippen LogP contribution in [0.2, 0.25) is 0 Å². The lowest BCUT2D eigenvalue weighted by atomic mass is 10.2. The second-order valence-corrected chi connectivity index (χ2v) is 5.80. The number of pyridine rings is 1. The number of para-hydroxylation sites is 1. The van der Waals surface area contributed by atoms with Gasteiger partial charge in [0.1, 0.15) is 18.0 Å². The first-order valence-corrected chi connectivity index (χ1v) is 8.27. The van der Waals surface area contributed by atoms with Gasteiger partial charge in [0.05, 0.1) is 11.3 Å². The summed E-state index contributed by atoms with van der Waals surface area (Å²) in [5.74, 6) is 0.412. The number of imidazole rings is 1. The molecule has 130 valence electrons. The Bertz CT molecular complexity index is 873. The van der Waals surface area contributed by atoms with Crippen LogP contribution in [0, 0.1) is 6.92 Å². The van der Waals surface area contributed by atoms with Crippen molar-refractivity contribution in [3.63, 3.8) is 0 Å². The van der Waals surface area contributed by atoms with E-state index in [4.69, 9.17) is 4.74 Å². The predicted octanol–water partition coefficient (Wildman–Crippen LogP) is 2.17. The number of hydrogen-bond acceptors (Lipinski definition) is 4. The molecule has 0 aliphatic rings. The molecule has 3 rings (SSSR count). The highest BCUT2D eigenvalue weighted by molar-refractivity contribution is 5.96. The minimum Gasteiger partial charge on any atom is -0.486 e. The maximum absolute atomic E-state index is 12.3. The average molecular weight is 338 g/mol. The number of hydrogen-bond donors (Lipinski definition) is 2. The number of benzene rings is 1. The van der Waals surface area contributed by atoms with Crippen molar-refractivity contribution in [1.29, 1.82) is 0 Å². The zero-order valence-corrected chi connectivity index (χ0v) is 14.5. The van der Waals surface area contributed by atoms with E-state index in [0.29, 0.717) is 24.5 Å². The van der Waals surface area contributed by atoms with Crippen LogP contribution in [0.25, 0.3) is 5.65 Å². The first kappa shape index (κ1) is 17.0. The van der Waals surface area contributed by atoms with E-state index in [2.05, 4.69) is 15.6 Å². The fourth-order valence-corrected chi connectivity index (χ4v) is 2.60. The van der Waals surface area contributed by atoms with Crippen LogP contribution in [0.15, 0.2) is 48.8 Å². The molecule has 2 aromatic heterocycles. The van der Waals surface area contributed by atoms with Crippen molar-refractivity contribution in [2.24, 2.45) is 0 Å². The van der Waals surface area contributed by atoms with Crippen LogP contribution in [0.3, 0.4) is 0 Å². The Morgan fingerprint density at radius 1 is 1.20 bits per heavy atom. The molecule has 0 atom stereocenters. The van der Waals surface area contributed by atoms with Gasteiger partial charge in [0.15, 0.2) is 0 Å². The number of likely N-dealkylation sites (N-methyl/N-ethyl adjacent to an activating group) is 1. The molecular weight excluding hydrogens is 316 g/mol. The summed E-state index contributed by atoms with van der Waals surface area (Å²) < 4.78 is 7.84. The molecule has 1 aromatic carbocycles. The molecule has 0 aliphatic carbocycles. The third kappa shape index (κ3) is 3.97. The zero-order valence-electron chi connectivity index (χ0n) is 14.5. The summed E-state index contributed by atoms with van der Waals surface area (Å²) in [6.07, 6.45) is 3.90. The fraction of sp³-hybridized carbons (Fsp3) is 0.263.